The number of benzene rings is 1. The maximum Gasteiger partial charge on any atom is 0.220 e. The molecule has 1 fully saturated rings. The summed E-state index contributed by atoms with van der Waals surface area (Å²) >= 11 is 0. The minimum Gasteiger partial charge on any atom is -0.493 e. The van der Waals surface area contributed by atoms with Crippen molar-refractivity contribution in [3.63, 3.8) is 0 Å². The van der Waals surface area contributed by atoms with Crippen LogP contribution >= 0.6 is 0 Å². The zero-order chi connectivity index (χ0) is 14.4. The molecule has 0 aromatic heterocycles. The lowest BCUT2D eigenvalue weighted by atomic mass is 9.87. The molecule has 2 rings (SSSR count). The first-order valence-corrected chi connectivity index (χ1v) is 7.41. The second kappa shape index (κ2) is 7.17. The Kier molecular flexibility index (Phi) is 5.27. The molecule has 0 spiro atoms. The van der Waals surface area contributed by atoms with Gasteiger partial charge in [-0.05, 0) is 43.0 Å². The van der Waals surface area contributed by atoms with Crippen molar-refractivity contribution in [1.82, 2.24) is 0 Å². The predicted molar refractivity (Wildman–Crippen MR) is 80.8 cm³/mol. The van der Waals surface area contributed by atoms with Crippen LogP contribution in [-0.2, 0) is 4.79 Å². The van der Waals surface area contributed by atoms with Gasteiger partial charge >= 0.3 is 0 Å². The van der Waals surface area contributed by atoms with E-state index in [0.717, 1.165) is 17.4 Å². The molecule has 4 heteroatoms. The molecule has 0 heterocycles. The normalized spacial score (nSPS) is 22.2. The highest BCUT2D eigenvalue weighted by atomic mass is 16.5. The summed E-state index contributed by atoms with van der Waals surface area (Å²) in [7, 11) is 0. The predicted octanol–water partition coefficient (Wildman–Crippen LogP) is 2.93. The fraction of sp³-hybridized carbons (Fsp3) is 0.562. The topological polar surface area (TPSA) is 64.3 Å². The molecule has 3 N–H and O–H groups in total. The summed E-state index contributed by atoms with van der Waals surface area (Å²) in [4.78, 5) is 10.6. The Labute approximate surface area is 120 Å². The van der Waals surface area contributed by atoms with E-state index in [1.807, 2.05) is 24.3 Å². The van der Waals surface area contributed by atoms with Crippen LogP contribution in [0.15, 0.2) is 24.3 Å². The van der Waals surface area contributed by atoms with Crippen molar-refractivity contribution >= 4 is 11.6 Å². The maximum atomic E-state index is 10.6. The Morgan fingerprint density at radius 1 is 1.35 bits per heavy atom. The van der Waals surface area contributed by atoms with Gasteiger partial charge in [0.1, 0.15) is 5.75 Å². The van der Waals surface area contributed by atoms with E-state index in [1.54, 1.807) is 0 Å². The monoisotopic (exact) mass is 276 g/mol. The van der Waals surface area contributed by atoms with Crippen molar-refractivity contribution in [3.8, 4) is 5.75 Å². The minimum atomic E-state index is -0.338. The minimum absolute atomic E-state index is 0.250. The van der Waals surface area contributed by atoms with Crippen LogP contribution in [0.2, 0.25) is 0 Å². The number of hydrogen-bond acceptors (Lipinski definition) is 3. The molecule has 0 radical (unpaired) electrons. The molecule has 4 nitrogen and oxygen atoms in total. The summed E-state index contributed by atoms with van der Waals surface area (Å²) in [5.74, 6) is 1.25. The summed E-state index contributed by atoms with van der Waals surface area (Å²) in [6, 6.07) is 8.49. The number of hydrogen-bond donors (Lipinski definition) is 2. The van der Waals surface area contributed by atoms with Crippen LogP contribution in [0.25, 0.3) is 0 Å². The lowest BCUT2D eigenvalue weighted by molar-refractivity contribution is -0.118. The van der Waals surface area contributed by atoms with Gasteiger partial charge in [-0.1, -0.05) is 19.8 Å². The Hall–Kier alpha value is -1.71. The Morgan fingerprint density at radius 2 is 2.10 bits per heavy atom. The van der Waals surface area contributed by atoms with Gasteiger partial charge in [-0.25, -0.2) is 0 Å². The highest BCUT2D eigenvalue weighted by molar-refractivity contribution is 5.73. The Balaban J connectivity index is 1.80. The third kappa shape index (κ3) is 4.76. The number of primary amides is 1. The van der Waals surface area contributed by atoms with E-state index in [1.165, 1.54) is 25.7 Å². The summed E-state index contributed by atoms with van der Waals surface area (Å²) in [6.07, 6.45) is 5.41. The summed E-state index contributed by atoms with van der Waals surface area (Å²) in [5, 5.41) is 3.58. The fourth-order valence-corrected chi connectivity index (χ4v) is 2.72. The Bertz CT molecular complexity index is 431. The molecule has 20 heavy (non-hydrogen) atoms. The third-order valence-electron chi connectivity index (χ3n) is 3.78. The van der Waals surface area contributed by atoms with E-state index in [-0.39, 0.29) is 12.3 Å². The van der Waals surface area contributed by atoms with Crippen molar-refractivity contribution in [2.75, 3.05) is 11.9 Å². The lowest BCUT2D eigenvalue weighted by Gasteiger charge is -2.28. The molecule has 1 amide bonds. The number of amides is 1. The van der Waals surface area contributed by atoms with Crippen LogP contribution < -0.4 is 15.8 Å². The molecule has 1 aromatic carbocycles. The van der Waals surface area contributed by atoms with Crippen molar-refractivity contribution < 1.29 is 9.53 Å². The van der Waals surface area contributed by atoms with E-state index in [4.69, 9.17) is 10.5 Å². The van der Waals surface area contributed by atoms with Crippen molar-refractivity contribution in [2.24, 2.45) is 11.7 Å². The second-order valence-electron chi connectivity index (χ2n) is 5.70. The van der Waals surface area contributed by atoms with Crippen LogP contribution in [0.4, 0.5) is 5.69 Å². The number of rotatable bonds is 6. The van der Waals surface area contributed by atoms with Gasteiger partial charge in [-0.2, -0.15) is 0 Å². The van der Waals surface area contributed by atoms with Gasteiger partial charge in [-0.3, -0.25) is 4.79 Å². The lowest BCUT2D eigenvalue weighted by Crippen LogP contribution is -2.26. The first kappa shape index (κ1) is 14.7. The zero-order valence-corrected chi connectivity index (χ0v) is 12.1. The molecule has 2 atom stereocenters. The first-order chi connectivity index (χ1) is 9.63. The van der Waals surface area contributed by atoms with E-state index in [0.29, 0.717) is 12.6 Å². The average Bonchev–Trinajstić information content (AvgIpc) is 2.40. The number of anilines is 1. The van der Waals surface area contributed by atoms with E-state index in [9.17, 15) is 4.79 Å². The van der Waals surface area contributed by atoms with Gasteiger partial charge in [0, 0.05) is 11.7 Å². The van der Waals surface area contributed by atoms with Crippen molar-refractivity contribution in [3.05, 3.63) is 24.3 Å². The molecule has 0 bridgehead atoms. The van der Waals surface area contributed by atoms with Crippen LogP contribution in [0.5, 0.6) is 5.75 Å². The fourth-order valence-electron chi connectivity index (χ4n) is 2.72. The van der Waals surface area contributed by atoms with Crippen LogP contribution in [-0.4, -0.2) is 18.6 Å². The quantitative estimate of drug-likeness (QED) is 0.839. The highest BCUT2D eigenvalue weighted by Crippen LogP contribution is 2.26. The molecule has 1 aliphatic rings. The van der Waals surface area contributed by atoms with E-state index in [2.05, 4.69) is 12.2 Å². The molecular weight excluding hydrogens is 252 g/mol. The largest absolute Gasteiger partial charge is 0.493 e. The molecular formula is C16H24N2O2. The van der Waals surface area contributed by atoms with Gasteiger partial charge in [0.25, 0.3) is 0 Å². The molecule has 0 aliphatic heterocycles. The molecule has 110 valence electrons. The summed E-state index contributed by atoms with van der Waals surface area (Å²) < 4.78 is 5.45. The molecule has 1 aromatic rings. The number of nitrogens with two attached hydrogens (primary N) is 1. The first-order valence-electron chi connectivity index (χ1n) is 7.41. The van der Waals surface area contributed by atoms with Crippen LogP contribution in [0.1, 0.15) is 39.0 Å². The SMILES string of the molecule is CC1CCCC(Nc2ccc(OCCC(N)=O)cc2)C1. The second-order valence-corrected chi connectivity index (χ2v) is 5.70. The molecule has 1 aliphatic carbocycles. The smallest absolute Gasteiger partial charge is 0.220 e. The van der Waals surface area contributed by atoms with Gasteiger partial charge in [0.15, 0.2) is 0 Å². The number of carbonyl (C=O) groups excluding carboxylic acids is 1. The number of nitrogens with one attached hydrogen (secondary N) is 1. The molecule has 0 saturated heterocycles. The zero-order valence-electron chi connectivity index (χ0n) is 12.1. The molecule has 1 saturated carbocycles. The van der Waals surface area contributed by atoms with E-state index >= 15 is 0 Å². The number of carbonyl (C=O) groups is 1. The van der Waals surface area contributed by atoms with Gasteiger partial charge in [0.2, 0.25) is 5.91 Å². The van der Waals surface area contributed by atoms with Crippen molar-refractivity contribution in [2.45, 2.75) is 45.1 Å². The van der Waals surface area contributed by atoms with Gasteiger partial charge < -0.3 is 15.8 Å². The Morgan fingerprint density at radius 3 is 2.75 bits per heavy atom. The highest BCUT2D eigenvalue weighted by Gasteiger charge is 2.18. The van der Waals surface area contributed by atoms with Crippen LogP contribution in [0, 0.1) is 5.92 Å². The van der Waals surface area contributed by atoms with Crippen molar-refractivity contribution in [1.29, 1.82) is 0 Å². The van der Waals surface area contributed by atoms with Crippen LogP contribution in [0.3, 0.4) is 0 Å². The maximum absolute atomic E-state index is 10.6. The summed E-state index contributed by atoms with van der Waals surface area (Å²) in [6.45, 7) is 2.66. The van der Waals surface area contributed by atoms with E-state index < -0.39 is 0 Å². The summed E-state index contributed by atoms with van der Waals surface area (Å²) in [5.41, 5.74) is 6.20. The molecule has 2 unspecified atom stereocenters. The van der Waals surface area contributed by atoms with Gasteiger partial charge in [0.05, 0.1) is 13.0 Å². The standard InChI is InChI=1S/C16H24N2O2/c1-12-3-2-4-14(11-12)18-13-5-7-15(8-6-13)20-10-9-16(17)19/h5-8,12,14,18H,2-4,9-11H2,1H3,(H2,17,19). The number of ether oxygens (including phenoxy) is 1. The average molecular weight is 276 g/mol. The third-order valence-corrected chi connectivity index (χ3v) is 3.78. The van der Waals surface area contributed by atoms with Gasteiger partial charge in [-0.15, -0.1) is 0 Å².